The summed E-state index contributed by atoms with van der Waals surface area (Å²) in [4.78, 5) is 0. The molecular weight excluding hydrogens is 213 g/mol. The maximum atomic E-state index is 14.8. The molecule has 1 nitrogen and oxygen atoms in total. The van der Waals surface area contributed by atoms with Crippen molar-refractivity contribution < 1.29 is 4.39 Å². The number of aromatic nitrogens is 1. The molecular formula is C15H18FN. The number of hydrogen-bond acceptors (Lipinski definition) is 0. The van der Waals surface area contributed by atoms with Crippen LogP contribution in [0.2, 0.25) is 0 Å². The molecule has 0 saturated heterocycles. The molecule has 1 aromatic heterocycles. The minimum atomic E-state index is -1.38. The van der Waals surface area contributed by atoms with E-state index in [2.05, 4.69) is 0 Å². The van der Waals surface area contributed by atoms with E-state index in [9.17, 15) is 4.39 Å². The molecule has 0 bridgehead atoms. The van der Waals surface area contributed by atoms with Crippen LogP contribution in [0.4, 0.5) is 4.39 Å². The minimum absolute atomic E-state index is 0.393. The van der Waals surface area contributed by atoms with Gasteiger partial charge in [-0.1, -0.05) is 30.3 Å². The van der Waals surface area contributed by atoms with Crippen molar-refractivity contribution in [3.05, 3.63) is 59.4 Å². The Bertz CT molecular complexity index is 477. The lowest BCUT2D eigenvalue weighted by Crippen LogP contribution is -2.29. The van der Waals surface area contributed by atoms with E-state index >= 15 is 0 Å². The Morgan fingerprint density at radius 3 is 2.06 bits per heavy atom. The number of nitrogens with zero attached hydrogens (tertiary/aromatic N) is 1. The van der Waals surface area contributed by atoms with Crippen LogP contribution in [-0.2, 0) is 12.2 Å². The zero-order chi connectivity index (χ0) is 12.5. The highest BCUT2D eigenvalue weighted by molar-refractivity contribution is 5.20. The fourth-order valence-corrected chi connectivity index (χ4v) is 2.45. The van der Waals surface area contributed by atoms with Gasteiger partial charge in [0.2, 0.25) is 0 Å². The quantitative estimate of drug-likeness (QED) is 0.752. The monoisotopic (exact) mass is 231 g/mol. The molecule has 2 rings (SSSR count). The smallest absolute Gasteiger partial charge is 0.187 e. The molecule has 1 aromatic carbocycles. The molecule has 0 radical (unpaired) electrons. The molecule has 90 valence electrons. The Morgan fingerprint density at radius 2 is 1.53 bits per heavy atom. The molecule has 2 heteroatoms. The summed E-state index contributed by atoms with van der Waals surface area (Å²) < 4.78 is 16.6. The highest BCUT2D eigenvalue weighted by Gasteiger charge is 2.27. The highest BCUT2D eigenvalue weighted by Crippen LogP contribution is 2.27. The van der Waals surface area contributed by atoms with Crippen LogP contribution in [0.25, 0.3) is 0 Å². The van der Waals surface area contributed by atoms with Crippen molar-refractivity contribution in [3.63, 3.8) is 0 Å². The van der Waals surface area contributed by atoms with E-state index in [1.165, 1.54) is 0 Å². The molecule has 0 fully saturated rings. The number of rotatable bonds is 3. The summed E-state index contributed by atoms with van der Waals surface area (Å²) in [6, 6.07) is 13.7. The summed E-state index contributed by atoms with van der Waals surface area (Å²) in [6.07, 6.45) is 0.393. The molecule has 17 heavy (non-hydrogen) atoms. The molecule has 0 aliphatic rings. The predicted octanol–water partition coefficient (Wildman–Crippen LogP) is 3.99. The lowest BCUT2D eigenvalue weighted by atomic mass is 10.0. The van der Waals surface area contributed by atoms with Gasteiger partial charge in [0.15, 0.2) is 5.79 Å². The first-order valence-electron chi connectivity index (χ1n) is 5.89. The number of aryl methyl sites for hydroxylation is 2. The fraction of sp³-hybridized carbons (Fsp3) is 0.333. The van der Waals surface area contributed by atoms with Crippen LogP contribution in [0.1, 0.15) is 23.9 Å². The molecule has 0 saturated carbocycles. The molecule has 0 aliphatic carbocycles. The van der Waals surface area contributed by atoms with Crippen LogP contribution >= 0.6 is 0 Å². The summed E-state index contributed by atoms with van der Waals surface area (Å²) >= 11 is 0. The molecule has 0 aliphatic heterocycles. The molecule has 0 amide bonds. The van der Waals surface area contributed by atoms with Gasteiger partial charge in [-0.25, -0.2) is 4.39 Å². The van der Waals surface area contributed by atoms with Gasteiger partial charge in [0, 0.05) is 17.8 Å². The van der Waals surface area contributed by atoms with Crippen LogP contribution in [0, 0.1) is 13.8 Å². The van der Waals surface area contributed by atoms with Gasteiger partial charge in [0.1, 0.15) is 0 Å². The van der Waals surface area contributed by atoms with E-state index in [1.54, 1.807) is 11.5 Å². The second-order valence-corrected chi connectivity index (χ2v) is 4.76. The van der Waals surface area contributed by atoms with Crippen molar-refractivity contribution in [1.82, 2.24) is 4.57 Å². The Kier molecular flexibility index (Phi) is 3.05. The van der Waals surface area contributed by atoms with Crippen molar-refractivity contribution in [3.8, 4) is 0 Å². The van der Waals surface area contributed by atoms with Crippen molar-refractivity contribution in [2.45, 2.75) is 33.0 Å². The topological polar surface area (TPSA) is 4.93 Å². The lowest BCUT2D eigenvalue weighted by Gasteiger charge is -2.26. The first-order chi connectivity index (χ1) is 8.00. The van der Waals surface area contributed by atoms with Gasteiger partial charge in [0.05, 0.1) is 0 Å². The van der Waals surface area contributed by atoms with Crippen LogP contribution in [0.5, 0.6) is 0 Å². The Labute approximate surface area is 102 Å². The van der Waals surface area contributed by atoms with Gasteiger partial charge in [-0.3, -0.25) is 0 Å². The van der Waals surface area contributed by atoms with E-state index in [4.69, 9.17) is 0 Å². The third-order valence-corrected chi connectivity index (χ3v) is 3.11. The summed E-state index contributed by atoms with van der Waals surface area (Å²) in [7, 11) is 0. The molecule has 0 N–H and O–H groups in total. The van der Waals surface area contributed by atoms with Gasteiger partial charge in [-0.05, 0) is 38.5 Å². The predicted molar refractivity (Wildman–Crippen MR) is 68.8 cm³/mol. The summed E-state index contributed by atoms with van der Waals surface area (Å²) in [5.74, 6) is -1.38. The average molecular weight is 231 g/mol. The van der Waals surface area contributed by atoms with Crippen molar-refractivity contribution in [1.29, 1.82) is 0 Å². The SMILES string of the molecule is Cc1ccc(C)n1[C@](C)(F)Cc1ccccc1. The molecule has 0 spiro atoms. The third-order valence-electron chi connectivity index (χ3n) is 3.11. The van der Waals surface area contributed by atoms with Gasteiger partial charge < -0.3 is 4.57 Å². The Morgan fingerprint density at radius 1 is 1.00 bits per heavy atom. The standard InChI is InChI=1S/C15H18FN/c1-12-9-10-13(2)17(12)15(3,16)11-14-7-5-4-6-8-14/h4-10H,11H2,1-3H3/t15-/m0/s1. The Hall–Kier alpha value is -1.57. The first-order valence-corrected chi connectivity index (χ1v) is 5.89. The minimum Gasteiger partial charge on any atom is -0.317 e. The maximum Gasteiger partial charge on any atom is 0.187 e. The van der Waals surface area contributed by atoms with Gasteiger partial charge >= 0.3 is 0 Å². The molecule has 2 aromatic rings. The summed E-state index contributed by atoms with van der Waals surface area (Å²) in [5.41, 5.74) is 2.94. The number of benzene rings is 1. The van der Waals surface area contributed by atoms with E-state index < -0.39 is 5.79 Å². The van der Waals surface area contributed by atoms with Crippen LogP contribution in [-0.4, -0.2) is 4.57 Å². The van der Waals surface area contributed by atoms with Crippen molar-refractivity contribution in [2.24, 2.45) is 0 Å². The first kappa shape index (κ1) is 11.9. The van der Waals surface area contributed by atoms with E-state index in [0.29, 0.717) is 6.42 Å². The van der Waals surface area contributed by atoms with E-state index in [0.717, 1.165) is 17.0 Å². The number of hydrogen-bond donors (Lipinski definition) is 0. The van der Waals surface area contributed by atoms with Gasteiger partial charge in [0.25, 0.3) is 0 Å². The fourth-order valence-electron chi connectivity index (χ4n) is 2.45. The molecule has 1 atom stereocenters. The maximum absolute atomic E-state index is 14.8. The molecule has 1 heterocycles. The number of halogens is 1. The second-order valence-electron chi connectivity index (χ2n) is 4.76. The van der Waals surface area contributed by atoms with Crippen molar-refractivity contribution >= 4 is 0 Å². The van der Waals surface area contributed by atoms with E-state index in [-0.39, 0.29) is 0 Å². The third kappa shape index (κ3) is 2.41. The lowest BCUT2D eigenvalue weighted by molar-refractivity contribution is 0.0899. The summed E-state index contributed by atoms with van der Waals surface area (Å²) in [6.45, 7) is 5.52. The Balaban J connectivity index is 2.31. The highest BCUT2D eigenvalue weighted by atomic mass is 19.1. The largest absolute Gasteiger partial charge is 0.317 e. The van der Waals surface area contributed by atoms with Crippen LogP contribution in [0.15, 0.2) is 42.5 Å². The number of alkyl halides is 1. The zero-order valence-electron chi connectivity index (χ0n) is 10.6. The van der Waals surface area contributed by atoms with Crippen LogP contribution in [0.3, 0.4) is 0 Å². The molecule has 0 unspecified atom stereocenters. The van der Waals surface area contributed by atoms with Gasteiger partial charge in [-0.2, -0.15) is 0 Å². The zero-order valence-corrected chi connectivity index (χ0v) is 10.6. The second kappa shape index (κ2) is 4.36. The van der Waals surface area contributed by atoms with Gasteiger partial charge in [-0.15, -0.1) is 0 Å². The average Bonchev–Trinajstić information content (AvgIpc) is 2.59. The normalized spacial score (nSPS) is 14.6. The summed E-state index contributed by atoms with van der Waals surface area (Å²) in [5, 5.41) is 0. The van der Waals surface area contributed by atoms with Crippen molar-refractivity contribution in [2.75, 3.05) is 0 Å². The van der Waals surface area contributed by atoms with E-state index in [1.807, 2.05) is 56.3 Å². The van der Waals surface area contributed by atoms with Crippen LogP contribution < -0.4 is 0 Å².